The van der Waals surface area contributed by atoms with Gasteiger partial charge in [0.1, 0.15) is 41.8 Å². The van der Waals surface area contributed by atoms with Crippen molar-refractivity contribution in [2.45, 2.75) is 161 Å². The summed E-state index contributed by atoms with van der Waals surface area (Å²) in [5, 5.41) is 17.7. The van der Waals surface area contributed by atoms with Crippen LogP contribution < -0.4 is 25.0 Å². The topological polar surface area (TPSA) is 226 Å². The van der Waals surface area contributed by atoms with Crippen molar-refractivity contribution >= 4 is 53.0 Å². The quantitative estimate of drug-likeness (QED) is 0.0564. The van der Waals surface area contributed by atoms with E-state index in [0.717, 1.165) is 119 Å². The molecule has 6 amide bonds. The average molecular weight is 1370 g/mol. The van der Waals surface area contributed by atoms with E-state index in [1.54, 1.807) is 46.1 Å². The number of methoxy groups -OCH3 is 1. The number of carbonyl (C=O) groups is 6. The summed E-state index contributed by atoms with van der Waals surface area (Å²) in [5.74, 6) is 1.82. The second kappa shape index (κ2) is 34.3. The highest BCUT2D eigenvalue weighted by molar-refractivity contribution is 6.30. The number of rotatable bonds is 25. The zero-order valence-corrected chi connectivity index (χ0v) is 60.0. The van der Waals surface area contributed by atoms with Gasteiger partial charge < -0.3 is 49.6 Å². The van der Waals surface area contributed by atoms with Crippen molar-refractivity contribution in [1.82, 2.24) is 54.9 Å². The Kier molecular flexibility index (Phi) is 25.8. The molecule has 0 spiro atoms. The lowest BCUT2D eigenvalue weighted by molar-refractivity contribution is -0.137. The maximum Gasteiger partial charge on any atom is 0.411 e. The molecule has 5 heterocycles. The van der Waals surface area contributed by atoms with E-state index < -0.39 is 29.8 Å². The van der Waals surface area contributed by atoms with E-state index in [1.807, 2.05) is 70.2 Å². The normalized spacial score (nSPS) is 20.6. The number of halogens is 1. The minimum Gasteiger partial charge on any atom is -0.497 e. The summed E-state index contributed by atoms with van der Waals surface area (Å²) in [6, 6.07) is 20.1. The molecule has 0 radical (unpaired) electrons. The van der Waals surface area contributed by atoms with Crippen LogP contribution in [0.3, 0.4) is 0 Å². The average Bonchev–Trinajstić information content (AvgIpc) is 1.63. The second-order valence-electron chi connectivity index (χ2n) is 29.2. The van der Waals surface area contributed by atoms with Gasteiger partial charge in [0.2, 0.25) is 23.6 Å². The first-order valence-corrected chi connectivity index (χ1v) is 36.5. The lowest BCUT2D eigenvalue weighted by atomic mass is 9.83. The van der Waals surface area contributed by atoms with Crippen LogP contribution in [0.5, 0.6) is 11.5 Å². The first-order chi connectivity index (χ1) is 47.1. The molecule has 4 saturated heterocycles. The van der Waals surface area contributed by atoms with Crippen LogP contribution in [0, 0.1) is 11.8 Å². The highest BCUT2D eigenvalue weighted by atomic mass is 35.5. The van der Waals surface area contributed by atoms with Crippen molar-refractivity contribution in [3.8, 4) is 11.5 Å². The molecular weight excluding hydrogens is 1260 g/mol. The number of ether oxygens (including phenoxy) is 3. The van der Waals surface area contributed by atoms with Crippen LogP contribution in [-0.2, 0) is 30.5 Å². The third kappa shape index (κ3) is 19.5. The lowest BCUT2D eigenvalue weighted by Gasteiger charge is -2.41. The number of fused-ring (bicyclic) bond motifs is 1. The smallest absolute Gasteiger partial charge is 0.411 e. The number of aromatic nitrogens is 2. The Morgan fingerprint density at radius 1 is 0.786 bits per heavy atom. The molecule has 5 fully saturated rings. The van der Waals surface area contributed by atoms with E-state index in [0.29, 0.717) is 125 Å². The summed E-state index contributed by atoms with van der Waals surface area (Å²) in [7, 11) is 1.58. The fourth-order valence-corrected chi connectivity index (χ4v) is 15.4. The number of carbonyl (C=O) groups excluding carboxylic acids is 6. The van der Waals surface area contributed by atoms with Gasteiger partial charge >= 0.3 is 6.09 Å². The molecule has 2 aliphatic carbocycles. The van der Waals surface area contributed by atoms with Crippen LogP contribution in [0.25, 0.3) is 0 Å². The van der Waals surface area contributed by atoms with E-state index in [9.17, 15) is 33.9 Å². The van der Waals surface area contributed by atoms with Gasteiger partial charge in [-0.25, -0.2) is 14.8 Å². The predicted octanol–water partition coefficient (Wildman–Crippen LogP) is 8.72. The molecule has 3 aromatic carbocycles. The maximum absolute atomic E-state index is 14.7. The SMILES string of the molecule is CCOc1cc(OC)ccc1CN(CC(=O)N1CCCC(c2cccc(C(=O)N[C@@H](C(=O)N3CCN(CC4CCN(CC(=O)NCCN(C[C@@H](C(=O)N5CCN(c6ncnc7c6[C@H](C)C[C@H]7O)CC5)c5ccc(Cl)cc5)C(C)C)CC4)CC3)C3CCCCC3)c2)C1)C(=O)OC(C)(C)C. The molecule has 6 aliphatic rings. The Morgan fingerprint density at radius 3 is 2.19 bits per heavy atom. The van der Waals surface area contributed by atoms with Gasteiger partial charge in [0, 0.05) is 131 Å². The van der Waals surface area contributed by atoms with E-state index in [4.69, 9.17) is 25.8 Å². The summed E-state index contributed by atoms with van der Waals surface area (Å²) in [5.41, 5.74) is 4.00. The molecule has 1 aromatic heterocycles. The number of aliphatic hydroxyl groups is 1. The number of piperidine rings is 2. The predicted molar refractivity (Wildman–Crippen MR) is 379 cm³/mol. The third-order valence-corrected chi connectivity index (χ3v) is 21.1. The van der Waals surface area contributed by atoms with E-state index in [1.165, 1.54) is 11.2 Å². The van der Waals surface area contributed by atoms with Crippen molar-refractivity contribution in [1.29, 1.82) is 0 Å². The number of anilines is 1. The minimum absolute atomic E-state index is 0.00551. The summed E-state index contributed by atoms with van der Waals surface area (Å²) < 4.78 is 17.2. The summed E-state index contributed by atoms with van der Waals surface area (Å²) in [6.07, 6.45) is 9.47. The van der Waals surface area contributed by atoms with Gasteiger partial charge in [0.05, 0.1) is 44.5 Å². The minimum atomic E-state index is -0.781. The Bertz CT molecular complexity index is 3340. The van der Waals surface area contributed by atoms with Gasteiger partial charge in [-0.15, -0.1) is 0 Å². The zero-order chi connectivity index (χ0) is 69.6. The van der Waals surface area contributed by atoms with Crippen LogP contribution >= 0.6 is 11.6 Å². The number of hydrogen-bond donors (Lipinski definition) is 3. The number of piperazine rings is 2. The summed E-state index contributed by atoms with van der Waals surface area (Å²) >= 11 is 6.35. The van der Waals surface area contributed by atoms with Gasteiger partial charge in [0.15, 0.2) is 0 Å². The van der Waals surface area contributed by atoms with Crippen molar-refractivity contribution in [2.75, 3.05) is 136 Å². The van der Waals surface area contributed by atoms with Crippen molar-refractivity contribution in [3.63, 3.8) is 0 Å². The van der Waals surface area contributed by atoms with Gasteiger partial charge in [0.25, 0.3) is 5.91 Å². The molecule has 4 aliphatic heterocycles. The second-order valence-corrected chi connectivity index (χ2v) is 29.7. The molecule has 22 nitrogen and oxygen atoms in total. The maximum atomic E-state index is 14.7. The number of benzene rings is 3. The number of nitrogens with zero attached hydrogens (tertiary/aromatic N) is 10. The van der Waals surface area contributed by atoms with Crippen LogP contribution in [0.2, 0.25) is 5.02 Å². The fourth-order valence-electron chi connectivity index (χ4n) is 15.3. The van der Waals surface area contributed by atoms with Crippen LogP contribution in [-0.4, -0.2) is 234 Å². The molecule has 0 bridgehead atoms. The van der Waals surface area contributed by atoms with Gasteiger partial charge in [-0.1, -0.05) is 62.1 Å². The zero-order valence-electron chi connectivity index (χ0n) is 59.2. The molecule has 23 heteroatoms. The van der Waals surface area contributed by atoms with Gasteiger partial charge in [-0.05, 0) is 165 Å². The molecule has 1 saturated carbocycles. The molecule has 4 aromatic rings. The summed E-state index contributed by atoms with van der Waals surface area (Å²) in [4.78, 5) is 111. The number of amides is 6. The molecule has 3 N–H and O–H groups in total. The van der Waals surface area contributed by atoms with Crippen LogP contribution in [0.1, 0.15) is 175 Å². The molecule has 534 valence electrons. The van der Waals surface area contributed by atoms with Crippen molar-refractivity contribution < 1.29 is 48.1 Å². The monoisotopic (exact) mass is 1370 g/mol. The largest absolute Gasteiger partial charge is 0.497 e. The van der Waals surface area contributed by atoms with Gasteiger partial charge in [-0.2, -0.15) is 0 Å². The number of aliphatic hydroxyl groups excluding tert-OH is 1. The van der Waals surface area contributed by atoms with Crippen molar-refractivity contribution in [2.24, 2.45) is 11.8 Å². The molecule has 5 atom stereocenters. The first-order valence-electron chi connectivity index (χ1n) is 36.1. The van der Waals surface area contributed by atoms with E-state index in [2.05, 4.69) is 61.0 Å². The number of likely N-dealkylation sites (tertiary alicyclic amines) is 2. The molecule has 1 unspecified atom stereocenters. The Hall–Kier alpha value is -7.11. The van der Waals surface area contributed by atoms with E-state index in [-0.39, 0.29) is 66.4 Å². The Morgan fingerprint density at radius 2 is 1.50 bits per heavy atom. The Labute approximate surface area is 585 Å². The number of hydrogen-bond acceptors (Lipinski definition) is 16. The standard InChI is InChI=1S/C75H107ClN12O10/c1-9-97-64-43-61(96-8)25-22-59(64)46-88(74(95)98-75(5,6)7)49-66(91)87-29-14-19-58(45-87)56-17-13-18-57(42-56)71(92)80-68(55-15-11-10-12-16-55)73(94)85-35-33-82(34-36-85)44-53-26-30-81(31-27-53)48-65(90)77-28-32-86(51(2)3)47-62(54-20-23-60(76)24-21-54)72(93)84-39-37-83(38-40-84)70-67-52(4)41-63(89)69(67)78-50-79-70/h13,17-18,20-25,42-43,50-53,55,58,62-63,68,89H,9-12,14-16,19,26-41,44-49H2,1-8H3,(H,77,90)(H,80,92)/t52-,58?,62-,63-,68-/m1/s1. The highest BCUT2D eigenvalue weighted by Gasteiger charge is 2.39. The molecule has 98 heavy (non-hydrogen) atoms. The number of nitrogens with one attached hydrogen (secondary N) is 2. The molecular formula is C75H107ClN12O10. The summed E-state index contributed by atoms with van der Waals surface area (Å²) in [6.45, 7) is 24.4. The van der Waals surface area contributed by atoms with Crippen LogP contribution in [0.4, 0.5) is 10.6 Å². The highest BCUT2D eigenvalue weighted by Crippen LogP contribution is 2.43. The van der Waals surface area contributed by atoms with E-state index >= 15 is 0 Å². The van der Waals surface area contributed by atoms with Crippen molar-refractivity contribution in [3.05, 3.63) is 112 Å². The third-order valence-electron chi connectivity index (χ3n) is 20.9. The first kappa shape index (κ1) is 73.6. The van der Waals surface area contributed by atoms with Crippen LogP contribution in [0.15, 0.2) is 73.1 Å². The Balaban J connectivity index is 0.666. The fraction of sp³-hybridized carbons (Fsp3) is 0.627. The van der Waals surface area contributed by atoms with Gasteiger partial charge in [-0.3, -0.25) is 43.6 Å². The molecule has 10 rings (SSSR count). The lowest BCUT2D eigenvalue weighted by Crippen LogP contribution is -2.57.